The zero-order chi connectivity index (χ0) is 14.8. The van der Waals surface area contributed by atoms with Crippen molar-refractivity contribution in [1.82, 2.24) is 0 Å². The minimum absolute atomic E-state index is 0.251. The van der Waals surface area contributed by atoms with Gasteiger partial charge in [0.1, 0.15) is 0 Å². The van der Waals surface area contributed by atoms with E-state index in [1.165, 1.54) is 4.31 Å². The van der Waals surface area contributed by atoms with Gasteiger partial charge >= 0.3 is 0 Å². The Labute approximate surface area is 124 Å². The van der Waals surface area contributed by atoms with E-state index in [-0.39, 0.29) is 10.8 Å². The van der Waals surface area contributed by atoms with E-state index in [9.17, 15) is 8.42 Å². The molecule has 0 saturated carbocycles. The number of rotatable bonds is 4. The molecule has 0 bridgehead atoms. The predicted octanol–water partition coefficient (Wildman–Crippen LogP) is 3.56. The minimum atomic E-state index is -3.57. The second-order valence-corrected chi connectivity index (χ2v) is 6.78. The molecule has 0 aromatic heterocycles. The highest BCUT2D eigenvalue weighted by atomic mass is 35.5. The van der Waals surface area contributed by atoms with Gasteiger partial charge in [0.15, 0.2) is 0 Å². The first kappa shape index (κ1) is 14.9. The topological polar surface area (TPSA) is 37.4 Å². The Bertz CT molecular complexity index is 713. The van der Waals surface area contributed by atoms with E-state index < -0.39 is 10.0 Å². The highest BCUT2D eigenvalue weighted by molar-refractivity contribution is 7.92. The number of halogens is 1. The number of aryl methyl sites for hydroxylation is 1. The van der Waals surface area contributed by atoms with Crippen LogP contribution in [0, 0.1) is 6.92 Å². The maximum atomic E-state index is 12.6. The molecule has 2 rings (SSSR count). The zero-order valence-corrected chi connectivity index (χ0v) is 12.9. The Morgan fingerprint density at radius 2 is 1.80 bits per heavy atom. The molecule has 0 spiro atoms. The number of alkyl halides is 1. The van der Waals surface area contributed by atoms with Gasteiger partial charge in [0, 0.05) is 12.9 Å². The smallest absolute Gasteiger partial charge is 0.264 e. The van der Waals surface area contributed by atoms with Crippen molar-refractivity contribution in [1.29, 1.82) is 0 Å². The summed E-state index contributed by atoms with van der Waals surface area (Å²) >= 11 is 5.76. The summed E-state index contributed by atoms with van der Waals surface area (Å²) in [6.45, 7) is 1.89. The third-order valence-electron chi connectivity index (χ3n) is 3.17. The van der Waals surface area contributed by atoms with E-state index in [1.54, 1.807) is 37.4 Å². The van der Waals surface area contributed by atoms with Crippen LogP contribution in [0.3, 0.4) is 0 Å². The van der Waals surface area contributed by atoms with E-state index in [0.29, 0.717) is 5.69 Å². The molecular weight excluding hydrogens is 294 g/mol. The molecule has 5 heteroatoms. The van der Waals surface area contributed by atoms with Crippen LogP contribution in [-0.4, -0.2) is 15.5 Å². The molecule has 0 fully saturated rings. The van der Waals surface area contributed by atoms with Crippen LogP contribution >= 0.6 is 11.6 Å². The number of anilines is 1. The van der Waals surface area contributed by atoms with Crippen molar-refractivity contribution in [2.24, 2.45) is 0 Å². The molecule has 0 aliphatic rings. The molecule has 0 radical (unpaired) electrons. The summed E-state index contributed by atoms with van der Waals surface area (Å²) < 4.78 is 26.6. The van der Waals surface area contributed by atoms with E-state index in [0.717, 1.165) is 11.1 Å². The summed E-state index contributed by atoms with van der Waals surface area (Å²) in [4.78, 5) is 0.251. The van der Waals surface area contributed by atoms with E-state index in [1.807, 2.05) is 25.1 Å². The maximum absolute atomic E-state index is 12.6. The first-order valence-corrected chi connectivity index (χ1v) is 8.13. The summed E-state index contributed by atoms with van der Waals surface area (Å²) in [5, 5.41) is 0. The number of benzene rings is 2. The van der Waals surface area contributed by atoms with Crippen LogP contribution in [0.25, 0.3) is 0 Å². The first-order valence-electron chi connectivity index (χ1n) is 6.16. The summed E-state index contributed by atoms with van der Waals surface area (Å²) in [5.41, 5.74) is 2.36. The summed E-state index contributed by atoms with van der Waals surface area (Å²) in [6, 6.07) is 14.1. The van der Waals surface area contributed by atoms with Gasteiger partial charge in [0.25, 0.3) is 10.0 Å². The molecule has 0 amide bonds. The number of hydrogen-bond acceptors (Lipinski definition) is 2. The molecule has 106 valence electrons. The Balaban J connectivity index is 2.47. The monoisotopic (exact) mass is 309 g/mol. The van der Waals surface area contributed by atoms with Crippen LogP contribution in [0.5, 0.6) is 0 Å². The zero-order valence-electron chi connectivity index (χ0n) is 11.4. The predicted molar refractivity (Wildman–Crippen MR) is 82.8 cm³/mol. The SMILES string of the molecule is Cc1ccccc1N(C)S(=O)(=O)c1cccc(CCl)c1. The van der Waals surface area contributed by atoms with Crippen LogP contribution < -0.4 is 4.31 Å². The van der Waals surface area contributed by atoms with Gasteiger partial charge in [-0.05, 0) is 36.2 Å². The Kier molecular flexibility index (Phi) is 4.35. The van der Waals surface area contributed by atoms with E-state index in [4.69, 9.17) is 11.6 Å². The molecule has 0 heterocycles. The Morgan fingerprint density at radius 3 is 2.45 bits per heavy atom. The van der Waals surface area contributed by atoms with Crippen molar-refractivity contribution in [3.63, 3.8) is 0 Å². The molecule has 2 aromatic carbocycles. The highest BCUT2D eigenvalue weighted by Gasteiger charge is 2.22. The van der Waals surface area contributed by atoms with Crippen LogP contribution in [0.1, 0.15) is 11.1 Å². The standard InChI is InChI=1S/C15H16ClNO2S/c1-12-6-3-4-9-15(12)17(2)20(18,19)14-8-5-7-13(10-14)11-16/h3-10H,11H2,1-2H3. The molecule has 0 aliphatic carbocycles. The third kappa shape index (κ3) is 2.81. The second kappa shape index (κ2) is 5.85. The Hall–Kier alpha value is -1.52. The van der Waals surface area contributed by atoms with Crippen molar-refractivity contribution < 1.29 is 8.42 Å². The van der Waals surface area contributed by atoms with Crippen molar-refractivity contribution in [3.8, 4) is 0 Å². The van der Waals surface area contributed by atoms with Crippen LogP contribution in [0.4, 0.5) is 5.69 Å². The fourth-order valence-corrected chi connectivity index (χ4v) is 3.49. The van der Waals surface area contributed by atoms with Gasteiger partial charge in [-0.15, -0.1) is 11.6 Å². The molecule has 20 heavy (non-hydrogen) atoms. The molecule has 2 aromatic rings. The number of sulfonamides is 1. The lowest BCUT2D eigenvalue weighted by Crippen LogP contribution is -2.27. The lowest BCUT2D eigenvalue weighted by Gasteiger charge is -2.21. The van der Waals surface area contributed by atoms with Gasteiger partial charge in [-0.3, -0.25) is 4.31 Å². The van der Waals surface area contributed by atoms with Crippen LogP contribution in [-0.2, 0) is 15.9 Å². The average molecular weight is 310 g/mol. The molecule has 0 atom stereocenters. The lowest BCUT2D eigenvalue weighted by atomic mass is 10.2. The summed E-state index contributed by atoms with van der Waals surface area (Å²) in [6.07, 6.45) is 0. The fourth-order valence-electron chi connectivity index (χ4n) is 1.99. The van der Waals surface area contributed by atoms with Gasteiger partial charge in [-0.2, -0.15) is 0 Å². The highest BCUT2D eigenvalue weighted by Crippen LogP contribution is 2.25. The summed E-state index contributed by atoms with van der Waals surface area (Å²) in [5.74, 6) is 0.289. The lowest BCUT2D eigenvalue weighted by molar-refractivity contribution is 0.594. The third-order valence-corrected chi connectivity index (χ3v) is 5.24. The van der Waals surface area contributed by atoms with E-state index >= 15 is 0 Å². The van der Waals surface area contributed by atoms with E-state index in [2.05, 4.69) is 0 Å². The van der Waals surface area contributed by atoms with Crippen LogP contribution in [0.2, 0.25) is 0 Å². The van der Waals surface area contributed by atoms with Gasteiger partial charge in [0.05, 0.1) is 10.6 Å². The quantitative estimate of drug-likeness (QED) is 0.810. The largest absolute Gasteiger partial charge is 0.269 e. The molecule has 3 nitrogen and oxygen atoms in total. The maximum Gasteiger partial charge on any atom is 0.264 e. The fraction of sp³-hybridized carbons (Fsp3) is 0.200. The Morgan fingerprint density at radius 1 is 1.10 bits per heavy atom. The van der Waals surface area contributed by atoms with Crippen molar-refractivity contribution >= 4 is 27.3 Å². The van der Waals surface area contributed by atoms with Crippen molar-refractivity contribution in [2.45, 2.75) is 17.7 Å². The molecule has 0 aliphatic heterocycles. The van der Waals surface area contributed by atoms with Crippen molar-refractivity contribution in [2.75, 3.05) is 11.4 Å². The minimum Gasteiger partial charge on any atom is -0.269 e. The normalized spacial score (nSPS) is 11.3. The molecule has 0 N–H and O–H groups in total. The molecule has 0 saturated heterocycles. The first-order chi connectivity index (χ1) is 9.46. The molecular formula is C15H16ClNO2S. The average Bonchev–Trinajstić information content (AvgIpc) is 2.47. The van der Waals surface area contributed by atoms with Crippen LogP contribution in [0.15, 0.2) is 53.4 Å². The number of hydrogen-bond donors (Lipinski definition) is 0. The second-order valence-electron chi connectivity index (χ2n) is 4.54. The summed E-state index contributed by atoms with van der Waals surface area (Å²) in [7, 11) is -2.01. The number of para-hydroxylation sites is 1. The van der Waals surface area contributed by atoms with Crippen molar-refractivity contribution in [3.05, 3.63) is 59.7 Å². The van der Waals surface area contributed by atoms with Gasteiger partial charge in [0.2, 0.25) is 0 Å². The van der Waals surface area contributed by atoms with Gasteiger partial charge < -0.3 is 0 Å². The molecule has 0 unspecified atom stereocenters. The van der Waals surface area contributed by atoms with Gasteiger partial charge in [-0.25, -0.2) is 8.42 Å². The number of nitrogens with zero attached hydrogens (tertiary/aromatic N) is 1. The van der Waals surface area contributed by atoms with Gasteiger partial charge in [-0.1, -0.05) is 30.3 Å².